The van der Waals surface area contributed by atoms with Crippen LogP contribution in [0.5, 0.6) is 0 Å². The molecule has 0 amide bonds. The number of para-hydroxylation sites is 1. The number of fused-ring (bicyclic) bond motifs is 6. The Morgan fingerprint density at radius 3 is 1.62 bits per heavy atom. The molecule has 10 rings (SSSR count). The van der Waals surface area contributed by atoms with Crippen molar-refractivity contribution in [2.75, 3.05) is 0 Å². The molecular weight excluding hydrogens is 667 g/mol. The van der Waals surface area contributed by atoms with E-state index in [4.69, 9.17) is 19.4 Å². The van der Waals surface area contributed by atoms with Crippen LogP contribution in [-0.4, -0.2) is 58.8 Å². The van der Waals surface area contributed by atoms with Crippen LogP contribution in [0.15, 0.2) is 144 Å². The van der Waals surface area contributed by atoms with Crippen LogP contribution < -0.4 is 27.3 Å². The zero-order valence-electron chi connectivity index (χ0n) is 31.5. The highest BCUT2D eigenvalue weighted by atomic mass is 16.3. The standard InChI is InChI=1S/C45H33B5N4O/c46-38-36(39(47)41(49)42(50)40(38)48)26-18-20-29-28-14-7-8-15-31(28)54(33(29)22-26)32-16-9-17-34-37(32)30-21-19-27(23-35(30)55-34)45-52-43(24-10-3-1-4-11-24)51-44(53-45)25-12-5-2-6-13-25/h1-23H,46-50H2. The second-order valence-electron chi connectivity index (χ2n) is 14.6. The first kappa shape index (κ1) is 33.1. The molecule has 0 aliphatic rings. The third-order valence-corrected chi connectivity index (χ3v) is 11.6. The summed E-state index contributed by atoms with van der Waals surface area (Å²) in [6, 6.07) is 48.5. The van der Waals surface area contributed by atoms with Crippen molar-refractivity contribution in [3.63, 3.8) is 0 Å². The fourth-order valence-corrected chi connectivity index (χ4v) is 8.39. The Balaban J connectivity index is 1.18. The molecule has 55 heavy (non-hydrogen) atoms. The van der Waals surface area contributed by atoms with Crippen molar-refractivity contribution in [2.24, 2.45) is 0 Å². The fraction of sp³-hybridized carbons (Fsp3) is 0. The Bertz CT molecular complexity index is 3070. The first-order valence-electron chi connectivity index (χ1n) is 18.8. The van der Waals surface area contributed by atoms with Gasteiger partial charge in [0.15, 0.2) is 17.5 Å². The van der Waals surface area contributed by atoms with Crippen LogP contribution in [0.1, 0.15) is 0 Å². The first-order chi connectivity index (χ1) is 26.9. The van der Waals surface area contributed by atoms with Crippen molar-refractivity contribution in [3.8, 4) is 51.0 Å². The lowest BCUT2D eigenvalue weighted by Crippen LogP contribution is -2.55. The minimum atomic E-state index is 0.595. The lowest BCUT2D eigenvalue weighted by Gasteiger charge is -2.20. The van der Waals surface area contributed by atoms with Gasteiger partial charge in [-0.3, -0.25) is 0 Å². The summed E-state index contributed by atoms with van der Waals surface area (Å²) < 4.78 is 9.10. The predicted molar refractivity (Wildman–Crippen MR) is 244 cm³/mol. The van der Waals surface area contributed by atoms with Gasteiger partial charge in [-0.15, -0.1) is 16.4 Å². The van der Waals surface area contributed by atoms with E-state index in [1.807, 2.05) is 60.7 Å². The highest BCUT2D eigenvalue weighted by Gasteiger charge is 2.21. The number of hydrogen-bond acceptors (Lipinski definition) is 4. The zero-order valence-corrected chi connectivity index (χ0v) is 31.5. The van der Waals surface area contributed by atoms with Crippen LogP contribution in [0, 0.1) is 0 Å². The Morgan fingerprint density at radius 2 is 0.945 bits per heavy atom. The number of rotatable bonds is 5. The summed E-state index contributed by atoms with van der Waals surface area (Å²) in [4.78, 5) is 14.8. The molecule has 7 aromatic carbocycles. The lowest BCUT2D eigenvalue weighted by atomic mass is 9.59. The summed E-state index contributed by atoms with van der Waals surface area (Å²) in [5.74, 6) is 1.85. The average molecular weight is 700 g/mol. The first-order valence-corrected chi connectivity index (χ1v) is 18.8. The van der Waals surface area contributed by atoms with E-state index in [9.17, 15) is 0 Å². The number of nitrogens with zero attached hydrogens (tertiary/aromatic N) is 4. The average Bonchev–Trinajstić information content (AvgIpc) is 3.78. The Labute approximate surface area is 323 Å². The van der Waals surface area contributed by atoms with E-state index in [1.54, 1.807) is 0 Å². The maximum atomic E-state index is 6.68. The summed E-state index contributed by atoms with van der Waals surface area (Å²) in [5.41, 5.74) is 17.1. The summed E-state index contributed by atoms with van der Waals surface area (Å²) in [7, 11) is 11.3. The molecule has 0 unspecified atom stereocenters. The van der Waals surface area contributed by atoms with Gasteiger partial charge in [-0.25, -0.2) is 15.0 Å². The molecule has 0 fully saturated rings. The minimum absolute atomic E-state index is 0.595. The Hall–Kier alpha value is -6.53. The molecule has 0 atom stereocenters. The monoisotopic (exact) mass is 700 g/mol. The van der Waals surface area contributed by atoms with Gasteiger partial charge in [0.2, 0.25) is 0 Å². The summed E-state index contributed by atoms with van der Waals surface area (Å²) in [6.07, 6.45) is 0. The van der Waals surface area contributed by atoms with E-state index < -0.39 is 0 Å². The maximum Gasteiger partial charge on any atom is 0.164 e. The Morgan fingerprint density at radius 1 is 0.400 bits per heavy atom. The van der Waals surface area contributed by atoms with E-state index in [-0.39, 0.29) is 0 Å². The molecule has 0 radical (unpaired) electrons. The number of hydrogen-bond donors (Lipinski definition) is 0. The molecule has 10 heteroatoms. The van der Waals surface area contributed by atoms with Gasteiger partial charge in [-0.2, -0.15) is 0 Å². The molecule has 3 aromatic heterocycles. The molecule has 10 aromatic rings. The van der Waals surface area contributed by atoms with Crippen LogP contribution in [0.3, 0.4) is 0 Å². The minimum Gasteiger partial charge on any atom is -0.456 e. The fourth-order valence-electron chi connectivity index (χ4n) is 8.39. The molecule has 254 valence electrons. The molecule has 0 aliphatic carbocycles. The predicted octanol–water partition coefficient (Wildman–Crippen LogP) is 2.83. The highest BCUT2D eigenvalue weighted by Crippen LogP contribution is 2.40. The van der Waals surface area contributed by atoms with Gasteiger partial charge in [0.25, 0.3) is 0 Å². The summed E-state index contributed by atoms with van der Waals surface area (Å²) >= 11 is 0. The van der Waals surface area contributed by atoms with Gasteiger partial charge in [0.1, 0.15) is 50.4 Å². The van der Waals surface area contributed by atoms with E-state index in [0.717, 1.165) is 49.8 Å². The second kappa shape index (κ2) is 12.8. The SMILES string of the molecule is Bc1c(B)c(B)c(-c2ccc3c4ccccc4n(-c4cccc5oc6cc(-c7nc(-c8ccccc8)nc(-c8ccccc8)n7)ccc6c45)c3c2)c(B)c1B. The molecule has 0 N–H and O–H groups in total. The van der Waals surface area contributed by atoms with Crippen molar-refractivity contribution in [3.05, 3.63) is 140 Å². The smallest absolute Gasteiger partial charge is 0.164 e. The molecule has 0 saturated heterocycles. The van der Waals surface area contributed by atoms with Gasteiger partial charge in [-0.1, -0.05) is 114 Å². The van der Waals surface area contributed by atoms with E-state index >= 15 is 0 Å². The molecule has 0 bridgehead atoms. The molecule has 5 nitrogen and oxygen atoms in total. The van der Waals surface area contributed by atoms with Gasteiger partial charge in [0.05, 0.1) is 22.1 Å². The summed E-state index contributed by atoms with van der Waals surface area (Å²) in [5, 5.41) is 4.55. The Kier molecular flexibility index (Phi) is 7.70. The van der Waals surface area contributed by atoms with E-state index in [0.29, 0.717) is 17.5 Å². The number of furan rings is 1. The van der Waals surface area contributed by atoms with Crippen molar-refractivity contribution >= 4 is 110 Å². The third-order valence-electron chi connectivity index (χ3n) is 11.6. The van der Waals surface area contributed by atoms with Crippen molar-refractivity contribution in [1.82, 2.24) is 19.5 Å². The normalized spacial score (nSPS) is 11.6. The van der Waals surface area contributed by atoms with Crippen LogP contribution in [0.4, 0.5) is 0 Å². The van der Waals surface area contributed by atoms with Crippen LogP contribution in [0.2, 0.25) is 0 Å². The van der Waals surface area contributed by atoms with E-state index in [1.165, 1.54) is 54.7 Å². The van der Waals surface area contributed by atoms with Crippen molar-refractivity contribution in [1.29, 1.82) is 0 Å². The van der Waals surface area contributed by atoms with Gasteiger partial charge in [0, 0.05) is 32.8 Å². The maximum absolute atomic E-state index is 6.68. The molecule has 3 heterocycles. The zero-order chi connectivity index (χ0) is 37.4. The van der Waals surface area contributed by atoms with Gasteiger partial charge >= 0.3 is 0 Å². The summed E-state index contributed by atoms with van der Waals surface area (Å²) in [6.45, 7) is 0. The second-order valence-corrected chi connectivity index (χ2v) is 14.6. The largest absolute Gasteiger partial charge is 0.456 e. The van der Waals surface area contributed by atoms with Crippen LogP contribution in [-0.2, 0) is 0 Å². The van der Waals surface area contributed by atoms with Crippen molar-refractivity contribution < 1.29 is 4.42 Å². The molecule has 0 saturated carbocycles. The lowest BCUT2D eigenvalue weighted by molar-refractivity contribution is 0.669. The van der Waals surface area contributed by atoms with Gasteiger partial charge < -0.3 is 8.98 Å². The number of aromatic nitrogens is 4. The molecular formula is C45H33B5N4O. The molecule has 0 aliphatic heterocycles. The van der Waals surface area contributed by atoms with E-state index in [2.05, 4.69) is 123 Å². The van der Waals surface area contributed by atoms with Crippen molar-refractivity contribution in [2.45, 2.75) is 0 Å². The van der Waals surface area contributed by atoms with Crippen LogP contribution in [0.25, 0.3) is 94.7 Å². The quantitative estimate of drug-likeness (QED) is 0.260. The molecule has 0 spiro atoms. The topological polar surface area (TPSA) is 56.7 Å². The van der Waals surface area contributed by atoms with Crippen LogP contribution >= 0.6 is 0 Å². The third kappa shape index (κ3) is 5.27. The highest BCUT2D eigenvalue weighted by molar-refractivity contribution is 6.68. The number of benzene rings is 7. The van der Waals surface area contributed by atoms with Gasteiger partial charge in [-0.05, 0) is 47.5 Å².